The van der Waals surface area contributed by atoms with Crippen molar-refractivity contribution in [3.8, 4) is 63.2 Å². The summed E-state index contributed by atoms with van der Waals surface area (Å²) in [6.45, 7) is 4.55. The summed E-state index contributed by atoms with van der Waals surface area (Å²) in [5.74, 6) is 0. The fourth-order valence-corrected chi connectivity index (χ4v) is 12.2. The number of hydrogen-bond acceptors (Lipinski definition) is 10. The Hall–Kier alpha value is -3.90. The third kappa shape index (κ3) is 7.60. The van der Waals surface area contributed by atoms with E-state index in [-0.39, 0.29) is 0 Å². The highest BCUT2D eigenvalue weighted by atomic mass is 32.1. The number of aromatic nitrogens is 4. The Morgan fingerprint density at radius 2 is 0.732 bits per heavy atom. The first-order valence-corrected chi connectivity index (χ1v) is 24.9. The lowest BCUT2D eigenvalue weighted by Gasteiger charge is -2.18. The Balaban J connectivity index is 1.38. The molecule has 0 aliphatic carbocycles. The second kappa shape index (κ2) is 17.3. The summed E-state index contributed by atoms with van der Waals surface area (Å²) in [5.41, 5.74) is 12.1. The number of rotatable bonds is 16. The van der Waals surface area contributed by atoms with E-state index >= 15 is 0 Å². The topological polar surface area (TPSA) is 51.6 Å². The van der Waals surface area contributed by atoms with Crippen LogP contribution in [0.1, 0.15) is 76.3 Å². The van der Waals surface area contributed by atoms with E-state index < -0.39 is 0 Å². The molecule has 0 bridgehead atoms. The summed E-state index contributed by atoms with van der Waals surface area (Å²) < 4.78 is 0. The quantitative estimate of drug-likeness (QED) is 0.0718. The maximum atomic E-state index is 5.73. The Labute approximate surface area is 352 Å². The molecule has 1 aromatic carbocycles. The predicted molar refractivity (Wildman–Crippen MR) is 248 cm³/mol. The molecule has 9 rings (SSSR count). The lowest BCUT2D eigenvalue weighted by molar-refractivity contribution is 0.667. The van der Waals surface area contributed by atoms with Crippen molar-refractivity contribution in [3.05, 3.63) is 104 Å². The Morgan fingerprint density at radius 1 is 0.393 bits per heavy atom. The van der Waals surface area contributed by atoms with Gasteiger partial charge in [-0.05, 0) is 105 Å². The van der Waals surface area contributed by atoms with Gasteiger partial charge in [0.2, 0.25) is 0 Å². The second-order valence-corrected chi connectivity index (χ2v) is 19.8. The van der Waals surface area contributed by atoms with E-state index in [1.54, 1.807) is 68.0 Å². The monoisotopic (exact) mass is 842 g/mol. The highest BCUT2D eigenvalue weighted by Crippen LogP contribution is 2.48. The van der Waals surface area contributed by atoms with E-state index in [2.05, 4.69) is 107 Å². The first kappa shape index (κ1) is 37.7. The normalized spacial score (nSPS) is 11.8. The van der Waals surface area contributed by atoms with Crippen LogP contribution in [0.2, 0.25) is 0 Å². The van der Waals surface area contributed by atoms with Gasteiger partial charge in [-0.15, -0.1) is 68.0 Å². The van der Waals surface area contributed by atoms with Crippen LogP contribution in [0, 0.1) is 0 Å². The third-order valence-corrected chi connectivity index (χ3v) is 15.7. The van der Waals surface area contributed by atoms with Crippen LogP contribution < -0.4 is 0 Å². The van der Waals surface area contributed by atoms with Crippen LogP contribution in [-0.2, 0) is 12.8 Å². The lowest BCUT2D eigenvalue weighted by Crippen LogP contribution is -2.02. The highest BCUT2D eigenvalue weighted by Gasteiger charge is 2.28. The van der Waals surface area contributed by atoms with Crippen LogP contribution in [0.3, 0.4) is 0 Å². The molecule has 0 fully saturated rings. The molecule has 0 unspecified atom stereocenters. The number of unbranched alkanes of at least 4 members (excludes halogenated alkanes) is 6. The summed E-state index contributed by atoms with van der Waals surface area (Å²) in [5, 5.41) is 13.2. The summed E-state index contributed by atoms with van der Waals surface area (Å²) in [4.78, 5) is 29.7. The van der Waals surface area contributed by atoms with Gasteiger partial charge in [0.25, 0.3) is 0 Å². The van der Waals surface area contributed by atoms with Gasteiger partial charge in [-0.2, -0.15) is 0 Å². The van der Waals surface area contributed by atoms with Crippen molar-refractivity contribution >= 4 is 90.1 Å². The summed E-state index contributed by atoms with van der Waals surface area (Å²) in [6.07, 6.45) is 12.1. The average molecular weight is 843 g/mol. The maximum absolute atomic E-state index is 5.73. The molecule has 0 atom stereocenters. The molecular weight excluding hydrogens is 801 g/mol. The smallest absolute Gasteiger partial charge is 0.108 e. The first-order chi connectivity index (χ1) is 27.7. The number of thiophene rings is 6. The molecule has 0 aliphatic rings. The fraction of sp³-hybridized carbons (Fsp3) is 0.261. The SMILES string of the molecule is CCCCCCc1csc(-c2c3nc(-c4cccs4)c(-c4cccs4)nc3c(-c3cc(CCCCCC)cs3)c3nc(-c4cccs4)c(-c4cccs4)nc23)c1. The molecule has 0 saturated heterocycles. The molecule has 0 amide bonds. The second-order valence-electron chi connectivity index (χ2n) is 14.2. The molecule has 0 spiro atoms. The summed E-state index contributed by atoms with van der Waals surface area (Å²) in [7, 11) is 0. The standard InChI is InChI=1S/C46H42N4S6/c1-3-5-7-9-15-29-25-35(55-27-29)37-43-45(49-41(33-19-13-23-53-33)39(47-43)31-17-11-21-51-31)38(36-26-30(28-56-36)16-10-8-6-4-2)46-44(37)48-40(32-18-12-22-52-32)42(50-46)34-20-14-24-54-34/h11-14,17-28H,3-10,15-16H2,1-2H3. The zero-order valence-corrected chi connectivity index (χ0v) is 36.4. The van der Waals surface area contributed by atoms with Crippen LogP contribution in [0.15, 0.2) is 92.9 Å². The zero-order chi connectivity index (χ0) is 37.8. The Morgan fingerprint density at radius 3 is 1.02 bits per heavy atom. The average Bonchev–Trinajstić information content (AvgIpc) is 4.08. The zero-order valence-electron chi connectivity index (χ0n) is 31.5. The van der Waals surface area contributed by atoms with E-state index in [0.29, 0.717) is 0 Å². The van der Waals surface area contributed by atoms with Crippen LogP contribution in [0.4, 0.5) is 0 Å². The maximum Gasteiger partial charge on any atom is 0.108 e. The van der Waals surface area contributed by atoms with E-state index in [0.717, 1.165) is 88.3 Å². The molecule has 0 saturated carbocycles. The molecule has 0 radical (unpaired) electrons. The van der Waals surface area contributed by atoms with Gasteiger partial charge >= 0.3 is 0 Å². The molecule has 8 heterocycles. The van der Waals surface area contributed by atoms with Crippen LogP contribution in [-0.4, -0.2) is 19.9 Å². The van der Waals surface area contributed by atoms with Crippen molar-refractivity contribution in [2.45, 2.75) is 78.1 Å². The molecule has 8 aromatic heterocycles. The minimum atomic E-state index is 0.892. The third-order valence-electron chi connectivity index (χ3n) is 10.2. The van der Waals surface area contributed by atoms with E-state index in [1.807, 2.05) is 0 Å². The molecule has 282 valence electrons. The van der Waals surface area contributed by atoms with Crippen LogP contribution in [0.5, 0.6) is 0 Å². The number of aryl methyl sites for hydroxylation is 2. The predicted octanol–water partition coefficient (Wildman–Crippen LogP) is 16.2. The molecule has 9 aromatic rings. The van der Waals surface area contributed by atoms with E-state index in [4.69, 9.17) is 19.9 Å². The van der Waals surface area contributed by atoms with Gasteiger partial charge in [-0.1, -0.05) is 76.6 Å². The minimum absolute atomic E-state index is 0.892. The summed E-state index contributed by atoms with van der Waals surface area (Å²) in [6, 6.07) is 21.9. The van der Waals surface area contributed by atoms with Gasteiger partial charge in [-0.25, -0.2) is 19.9 Å². The lowest BCUT2D eigenvalue weighted by atomic mass is 9.98. The van der Waals surface area contributed by atoms with E-state index in [1.165, 1.54) is 72.2 Å². The molecule has 0 aliphatic heterocycles. The molecule has 10 heteroatoms. The van der Waals surface area contributed by atoms with Crippen LogP contribution >= 0.6 is 68.0 Å². The van der Waals surface area contributed by atoms with Crippen molar-refractivity contribution in [1.82, 2.24) is 19.9 Å². The summed E-state index contributed by atoms with van der Waals surface area (Å²) >= 11 is 10.5. The molecular formula is C46H42N4S6. The minimum Gasteiger partial charge on any atom is -0.242 e. The van der Waals surface area contributed by atoms with Crippen molar-refractivity contribution in [2.75, 3.05) is 0 Å². The Kier molecular flexibility index (Phi) is 11.6. The van der Waals surface area contributed by atoms with Gasteiger partial charge in [0.1, 0.15) is 44.8 Å². The fourth-order valence-electron chi connectivity index (χ4n) is 7.39. The van der Waals surface area contributed by atoms with Crippen LogP contribution in [0.25, 0.3) is 85.2 Å². The van der Waals surface area contributed by atoms with Gasteiger partial charge in [-0.3, -0.25) is 0 Å². The largest absolute Gasteiger partial charge is 0.242 e. The highest BCUT2D eigenvalue weighted by molar-refractivity contribution is 7.15. The van der Waals surface area contributed by atoms with Gasteiger partial charge in [0, 0.05) is 20.9 Å². The Bertz CT molecular complexity index is 2350. The number of nitrogens with zero attached hydrogens (tertiary/aromatic N) is 4. The van der Waals surface area contributed by atoms with Crippen molar-refractivity contribution in [1.29, 1.82) is 0 Å². The number of hydrogen-bond donors (Lipinski definition) is 0. The van der Waals surface area contributed by atoms with Gasteiger partial charge < -0.3 is 0 Å². The molecule has 4 nitrogen and oxygen atoms in total. The van der Waals surface area contributed by atoms with E-state index in [9.17, 15) is 0 Å². The molecule has 0 N–H and O–H groups in total. The van der Waals surface area contributed by atoms with Gasteiger partial charge in [0.05, 0.1) is 19.5 Å². The van der Waals surface area contributed by atoms with Gasteiger partial charge in [0.15, 0.2) is 0 Å². The number of benzene rings is 1. The molecule has 56 heavy (non-hydrogen) atoms. The van der Waals surface area contributed by atoms with Crippen molar-refractivity contribution in [2.24, 2.45) is 0 Å². The van der Waals surface area contributed by atoms with Crippen molar-refractivity contribution < 1.29 is 0 Å². The van der Waals surface area contributed by atoms with Crippen molar-refractivity contribution in [3.63, 3.8) is 0 Å². The first-order valence-electron chi connectivity index (χ1n) is 19.6. The number of fused-ring (bicyclic) bond motifs is 2.